The first-order valence-corrected chi connectivity index (χ1v) is 6.34. The van der Waals surface area contributed by atoms with Crippen molar-refractivity contribution in [2.45, 2.75) is 19.4 Å². The van der Waals surface area contributed by atoms with Crippen LogP contribution in [0.4, 0.5) is 5.69 Å². The number of hydrogen-bond donors (Lipinski definition) is 3. The van der Waals surface area contributed by atoms with E-state index in [2.05, 4.69) is 26.6 Å². The Kier molecular flexibility index (Phi) is 5.80. The molecule has 1 aromatic rings. The SMILES string of the molecule is CCC(CO)NC(=O)C(=O)Nc1ccc(Br)cc1. The summed E-state index contributed by atoms with van der Waals surface area (Å²) in [6.07, 6.45) is 0.563. The Hall–Kier alpha value is -1.40. The molecule has 1 unspecified atom stereocenters. The van der Waals surface area contributed by atoms with Crippen LogP contribution >= 0.6 is 15.9 Å². The first-order valence-electron chi connectivity index (χ1n) is 5.55. The predicted octanol–water partition coefficient (Wildman–Crippen LogP) is 1.27. The van der Waals surface area contributed by atoms with Gasteiger partial charge in [-0.25, -0.2) is 0 Å². The molecule has 0 radical (unpaired) electrons. The second kappa shape index (κ2) is 7.13. The van der Waals surface area contributed by atoms with Crippen molar-refractivity contribution in [1.29, 1.82) is 0 Å². The fourth-order valence-corrected chi connectivity index (χ4v) is 1.51. The van der Waals surface area contributed by atoms with Crippen LogP contribution < -0.4 is 10.6 Å². The van der Waals surface area contributed by atoms with Crippen LogP contribution in [-0.2, 0) is 9.59 Å². The van der Waals surface area contributed by atoms with Gasteiger partial charge in [-0.05, 0) is 30.7 Å². The number of aliphatic hydroxyl groups excluding tert-OH is 1. The summed E-state index contributed by atoms with van der Waals surface area (Å²) in [5, 5.41) is 13.8. The van der Waals surface area contributed by atoms with E-state index in [4.69, 9.17) is 5.11 Å². The van der Waals surface area contributed by atoms with Gasteiger partial charge in [0.1, 0.15) is 0 Å². The fourth-order valence-electron chi connectivity index (χ4n) is 1.25. The highest BCUT2D eigenvalue weighted by molar-refractivity contribution is 9.10. The van der Waals surface area contributed by atoms with Gasteiger partial charge in [-0.15, -0.1) is 0 Å². The highest BCUT2D eigenvalue weighted by Gasteiger charge is 2.17. The Bertz CT molecular complexity index is 416. The largest absolute Gasteiger partial charge is 0.394 e. The molecule has 0 heterocycles. The number of benzene rings is 1. The lowest BCUT2D eigenvalue weighted by molar-refractivity contribution is -0.136. The molecule has 0 saturated carbocycles. The molecule has 0 aliphatic rings. The van der Waals surface area contributed by atoms with E-state index in [1.54, 1.807) is 24.3 Å². The smallest absolute Gasteiger partial charge is 0.313 e. The van der Waals surface area contributed by atoms with Crippen LogP contribution in [0.2, 0.25) is 0 Å². The lowest BCUT2D eigenvalue weighted by Gasteiger charge is -2.13. The van der Waals surface area contributed by atoms with E-state index < -0.39 is 17.9 Å². The van der Waals surface area contributed by atoms with Crippen molar-refractivity contribution >= 4 is 33.4 Å². The van der Waals surface area contributed by atoms with Crippen LogP contribution in [0, 0.1) is 0 Å². The van der Waals surface area contributed by atoms with Gasteiger partial charge in [-0.1, -0.05) is 22.9 Å². The summed E-state index contributed by atoms with van der Waals surface area (Å²) in [6.45, 7) is 1.63. The van der Waals surface area contributed by atoms with Gasteiger partial charge in [0.05, 0.1) is 12.6 Å². The average molecular weight is 315 g/mol. The third-order valence-corrected chi connectivity index (χ3v) is 2.89. The minimum atomic E-state index is -0.751. The molecule has 0 bridgehead atoms. The Morgan fingerprint density at radius 2 is 1.89 bits per heavy atom. The molecule has 6 heteroatoms. The molecule has 5 nitrogen and oxygen atoms in total. The summed E-state index contributed by atoms with van der Waals surface area (Å²) in [6, 6.07) is 6.48. The van der Waals surface area contributed by atoms with Gasteiger partial charge >= 0.3 is 11.8 Å². The van der Waals surface area contributed by atoms with Crippen molar-refractivity contribution < 1.29 is 14.7 Å². The molecule has 18 heavy (non-hydrogen) atoms. The molecule has 0 saturated heterocycles. The Balaban J connectivity index is 2.54. The normalized spacial score (nSPS) is 11.7. The number of anilines is 1. The highest BCUT2D eigenvalue weighted by atomic mass is 79.9. The summed E-state index contributed by atoms with van der Waals surface area (Å²) in [5.41, 5.74) is 0.537. The molecule has 2 amide bonds. The van der Waals surface area contributed by atoms with Gasteiger partial charge in [0, 0.05) is 10.2 Å². The summed E-state index contributed by atoms with van der Waals surface area (Å²) in [7, 11) is 0. The second-order valence-electron chi connectivity index (χ2n) is 3.72. The van der Waals surface area contributed by atoms with E-state index in [-0.39, 0.29) is 6.61 Å². The quantitative estimate of drug-likeness (QED) is 0.732. The van der Waals surface area contributed by atoms with Crippen LogP contribution in [0.5, 0.6) is 0 Å². The highest BCUT2D eigenvalue weighted by Crippen LogP contribution is 2.13. The van der Waals surface area contributed by atoms with Crippen LogP contribution in [0.1, 0.15) is 13.3 Å². The van der Waals surface area contributed by atoms with Crippen LogP contribution in [0.3, 0.4) is 0 Å². The van der Waals surface area contributed by atoms with Gasteiger partial charge < -0.3 is 15.7 Å². The van der Waals surface area contributed by atoms with E-state index in [1.807, 2.05) is 6.92 Å². The summed E-state index contributed by atoms with van der Waals surface area (Å²) in [5.74, 6) is -1.50. The summed E-state index contributed by atoms with van der Waals surface area (Å²) < 4.78 is 0.885. The van der Waals surface area contributed by atoms with Crippen LogP contribution in [0.15, 0.2) is 28.7 Å². The van der Waals surface area contributed by atoms with E-state index in [0.29, 0.717) is 12.1 Å². The number of rotatable bonds is 4. The summed E-state index contributed by atoms with van der Waals surface area (Å²) >= 11 is 3.27. The number of hydrogen-bond acceptors (Lipinski definition) is 3. The second-order valence-corrected chi connectivity index (χ2v) is 4.64. The van der Waals surface area contributed by atoms with E-state index in [0.717, 1.165) is 4.47 Å². The molecule has 1 aromatic carbocycles. The van der Waals surface area contributed by atoms with Gasteiger partial charge in [-0.2, -0.15) is 0 Å². The van der Waals surface area contributed by atoms with E-state index in [1.165, 1.54) is 0 Å². The molecule has 0 aliphatic heterocycles. The number of halogens is 1. The number of carbonyl (C=O) groups is 2. The number of nitrogens with one attached hydrogen (secondary N) is 2. The minimum absolute atomic E-state index is 0.187. The average Bonchev–Trinajstić information content (AvgIpc) is 2.38. The fraction of sp³-hybridized carbons (Fsp3) is 0.333. The van der Waals surface area contributed by atoms with Crippen LogP contribution in [-0.4, -0.2) is 29.6 Å². The van der Waals surface area contributed by atoms with Gasteiger partial charge in [-0.3, -0.25) is 9.59 Å². The molecular formula is C12H15BrN2O3. The minimum Gasteiger partial charge on any atom is -0.394 e. The van der Waals surface area contributed by atoms with Crippen molar-refractivity contribution in [1.82, 2.24) is 5.32 Å². The van der Waals surface area contributed by atoms with Gasteiger partial charge in [0.15, 0.2) is 0 Å². The van der Waals surface area contributed by atoms with Crippen molar-refractivity contribution in [3.8, 4) is 0 Å². The zero-order chi connectivity index (χ0) is 13.5. The number of aliphatic hydroxyl groups is 1. The molecular weight excluding hydrogens is 300 g/mol. The zero-order valence-corrected chi connectivity index (χ0v) is 11.5. The topological polar surface area (TPSA) is 78.4 Å². The van der Waals surface area contributed by atoms with E-state index in [9.17, 15) is 9.59 Å². The van der Waals surface area contributed by atoms with Gasteiger partial charge in [0.2, 0.25) is 0 Å². The maximum absolute atomic E-state index is 11.5. The lowest BCUT2D eigenvalue weighted by Crippen LogP contribution is -2.43. The molecule has 0 aliphatic carbocycles. The molecule has 0 fully saturated rings. The monoisotopic (exact) mass is 314 g/mol. The van der Waals surface area contributed by atoms with Crippen molar-refractivity contribution in [3.63, 3.8) is 0 Å². The maximum atomic E-state index is 11.5. The van der Waals surface area contributed by atoms with Crippen molar-refractivity contribution in [2.75, 3.05) is 11.9 Å². The molecule has 1 rings (SSSR count). The number of amides is 2. The maximum Gasteiger partial charge on any atom is 0.313 e. The molecule has 98 valence electrons. The van der Waals surface area contributed by atoms with Gasteiger partial charge in [0.25, 0.3) is 0 Å². The standard InChI is InChI=1S/C12H15BrN2O3/c1-2-9(7-16)14-11(17)12(18)15-10-5-3-8(13)4-6-10/h3-6,9,16H,2,7H2,1H3,(H,14,17)(H,15,18). The first-order chi connectivity index (χ1) is 8.56. The summed E-state index contributed by atoms with van der Waals surface area (Å²) in [4.78, 5) is 23.0. The number of carbonyl (C=O) groups excluding carboxylic acids is 2. The third kappa shape index (κ3) is 4.46. The molecule has 3 N–H and O–H groups in total. The third-order valence-electron chi connectivity index (χ3n) is 2.36. The Labute approximate surface area is 114 Å². The lowest BCUT2D eigenvalue weighted by atomic mass is 10.2. The van der Waals surface area contributed by atoms with Crippen molar-refractivity contribution in [3.05, 3.63) is 28.7 Å². The molecule has 1 atom stereocenters. The first kappa shape index (κ1) is 14.7. The zero-order valence-electron chi connectivity index (χ0n) is 9.94. The van der Waals surface area contributed by atoms with E-state index >= 15 is 0 Å². The van der Waals surface area contributed by atoms with Crippen LogP contribution in [0.25, 0.3) is 0 Å². The Morgan fingerprint density at radius 3 is 2.39 bits per heavy atom. The predicted molar refractivity (Wildman–Crippen MR) is 72.1 cm³/mol. The van der Waals surface area contributed by atoms with Crippen molar-refractivity contribution in [2.24, 2.45) is 0 Å². The Morgan fingerprint density at radius 1 is 1.28 bits per heavy atom. The molecule has 0 spiro atoms. The molecule has 0 aromatic heterocycles.